The molecule has 0 fully saturated rings. The quantitative estimate of drug-likeness (QED) is 0.385. The number of nitrogens with one attached hydrogen (secondary N) is 1. The smallest absolute Gasteiger partial charge is 0.238 e. The first-order chi connectivity index (χ1) is 15.8. The number of ether oxygens (including phenoxy) is 1. The Kier molecular flexibility index (Phi) is 6.09. The number of benzene rings is 2. The van der Waals surface area contributed by atoms with E-state index in [0.717, 1.165) is 27.1 Å². The molecule has 4 aromatic rings. The zero-order chi connectivity index (χ0) is 21.8. The Balaban J connectivity index is 1.29. The van der Waals surface area contributed by atoms with Crippen molar-refractivity contribution in [2.45, 2.75) is 16.9 Å². The van der Waals surface area contributed by atoms with Gasteiger partial charge in [0.1, 0.15) is 18.1 Å². The van der Waals surface area contributed by atoms with Crippen LogP contribution in [-0.4, -0.2) is 28.5 Å². The Labute approximate surface area is 193 Å². The van der Waals surface area contributed by atoms with Crippen LogP contribution in [0.1, 0.15) is 17.4 Å². The van der Waals surface area contributed by atoms with Gasteiger partial charge in [0.05, 0.1) is 30.3 Å². The third-order valence-electron chi connectivity index (χ3n) is 5.01. The highest BCUT2D eigenvalue weighted by Gasteiger charge is 2.33. The molecule has 162 valence electrons. The highest BCUT2D eigenvalue weighted by Crippen LogP contribution is 2.40. The highest BCUT2D eigenvalue weighted by atomic mass is 32.2. The second-order valence-electron chi connectivity index (χ2n) is 7.06. The minimum atomic E-state index is -0.181. The van der Waals surface area contributed by atoms with E-state index in [2.05, 4.69) is 15.5 Å². The number of rotatable bonds is 7. The zero-order valence-corrected chi connectivity index (χ0v) is 18.6. The average molecular weight is 465 g/mol. The number of carbonyl (C=O) groups excluding carboxylic acids is 1. The number of anilines is 2. The van der Waals surface area contributed by atoms with Crippen molar-refractivity contribution in [2.24, 2.45) is 0 Å². The van der Waals surface area contributed by atoms with Gasteiger partial charge in [-0.25, -0.2) is 0 Å². The third kappa shape index (κ3) is 4.49. The van der Waals surface area contributed by atoms with Gasteiger partial charge in [0.15, 0.2) is 4.34 Å². The van der Waals surface area contributed by atoms with Crippen molar-refractivity contribution in [2.75, 3.05) is 22.6 Å². The summed E-state index contributed by atoms with van der Waals surface area (Å²) >= 11 is 2.81. The predicted molar refractivity (Wildman–Crippen MR) is 125 cm³/mol. The molecule has 1 N–H and O–H groups in total. The molecule has 32 heavy (non-hydrogen) atoms. The molecule has 7 nitrogen and oxygen atoms in total. The molecule has 0 bridgehead atoms. The molecule has 5 rings (SSSR count). The first-order valence-corrected chi connectivity index (χ1v) is 11.9. The van der Waals surface area contributed by atoms with Crippen molar-refractivity contribution in [1.29, 1.82) is 0 Å². The molecule has 1 amide bonds. The number of para-hydroxylation sites is 2. The molecule has 1 aliphatic heterocycles. The van der Waals surface area contributed by atoms with Crippen molar-refractivity contribution in [3.05, 3.63) is 84.3 Å². The summed E-state index contributed by atoms with van der Waals surface area (Å²) in [7, 11) is 0. The number of furan rings is 1. The third-order valence-corrected chi connectivity index (χ3v) is 7.00. The topological polar surface area (TPSA) is 80.5 Å². The maximum absolute atomic E-state index is 13.4. The van der Waals surface area contributed by atoms with Crippen LogP contribution in [0, 0.1) is 0 Å². The van der Waals surface area contributed by atoms with Gasteiger partial charge in [-0.2, -0.15) is 0 Å². The van der Waals surface area contributed by atoms with Crippen LogP contribution in [0.25, 0.3) is 0 Å². The fourth-order valence-corrected chi connectivity index (χ4v) is 5.13. The average Bonchev–Trinajstić information content (AvgIpc) is 3.53. The van der Waals surface area contributed by atoms with Gasteiger partial charge in [0.25, 0.3) is 0 Å². The van der Waals surface area contributed by atoms with Crippen LogP contribution < -0.4 is 15.0 Å². The van der Waals surface area contributed by atoms with Crippen LogP contribution in [-0.2, 0) is 11.3 Å². The van der Waals surface area contributed by atoms with E-state index >= 15 is 0 Å². The normalized spacial score (nSPS) is 15.1. The summed E-state index contributed by atoms with van der Waals surface area (Å²) in [6, 6.07) is 21.2. The number of nitrogens with zero attached hydrogens (tertiary/aromatic N) is 3. The summed E-state index contributed by atoms with van der Waals surface area (Å²) in [4.78, 5) is 15.2. The van der Waals surface area contributed by atoms with E-state index in [4.69, 9.17) is 9.15 Å². The molecule has 3 heterocycles. The molecular weight excluding hydrogens is 444 g/mol. The number of hydrogen-bond acceptors (Lipinski definition) is 8. The molecule has 2 aromatic carbocycles. The SMILES string of the molecule is O=C(CSc1nnc(NCc2ccco2)s1)N1c2ccccc2OCC1c1ccccc1. The molecule has 0 saturated carbocycles. The first-order valence-electron chi connectivity index (χ1n) is 10.1. The van der Waals surface area contributed by atoms with Gasteiger partial charge < -0.3 is 14.5 Å². The van der Waals surface area contributed by atoms with E-state index in [1.165, 1.54) is 23.1 Å². The van der Waals surface area contributed by atoms with Crippen LogP contribution in [0.3, 0.4) is 0 Å². The lowest BCUT2D eigenvalue weighted by Crippen LogP contribution is -2.42. The van der Waals surface area contributed by atoms with E-state index in [-0.39, 0.29) is 17.7 Å². The largest absolute Gasteiger partial charge is 0.489 e. The molecule has 0 radical (unpaired) electrons. The fourth-order valence-electron chi connectivity index (χ4n) is 3.53. The molecule has 0 spiro atoms. The van der Waals surface area contributed by atoms with Crippen molar-refractivity contribution < 1.29 is 13.9 Å². The van der Waals surface area contributed by atoms with E-state index in [0.29, 0.717) is 18.3 Å². The summed E-state index contributed by atoms with van der Waals surface area (Å²) in [5.74, 6) is 1.80. The number of hydrogen-bond donors (Lipinski definition) is 1. The molecular formula is C23H20N4O3S2. The Morgan fingerprint density at radius 3 is 2.78 bits per heavy atom. The summed E-state index contributed by atoms with van der Waals surface area (Å²) in [6.07, 6.45) is 1.64. The monoisotopic (exact) mass is 464 g/mol. The lowest BCUT2D eigenvalue weighted by Gasteiger charge is -2.37. The molecule has 1 unspecified atom stereocenters. The lowest BCUT2D eigenvalue weighted by molar-refractivity contribution is -0.117. The minimum absolute atomic E-state index is 0.0000946. The van der Waals surface area contributed by atoms with Gasteiger partial charge >= 0.3 is 0 Å². The molecule has 0 saturated heterocycles. The lowest BCUT2D eigenvalue weighted by atomic mass is 10.0. The highest BCUT2D eigenvalue weighted by molar-refractivity contribution is 8.01. The van der Waals surface area contributed by atoms with Gasteiger partial charge in [-0.05, 0) is 29.8 Å². The Hall–Kier alpha value is -3.30. The first kappa shape index (κ1) is 20.6. The van der Waals surface area contributed by atoms with Crippen LogP contribution in [0.2, 0.25) is 0 Å². The predicted octanol–water partition coefficient (Wildman–Crippen LogP) is 5.00. The fraction of sp³-hybridized carbons (Fsp3) is 0.174. The van der Waals surface area contributed by atoms with Gasteiger partial charge in [0.2, 0.25) is 11.0 Å². The summed E-state index contributed by atoms with van der Waals surface area (Å²) in [5, 5.41) is 12.2. The van der Waals surface area contributed by atoms with Crippen molar-refractivity contribution >= 4 is 39.8 Å². The van der Waals surface area contributed by atoms with Crippen molar-refractivity contribution in [1.82, 2.24) is 10.2 Å². The zero-order valence-electron chi connectivity index (χ0n) is 17.0. The van der Waals surface area contributed by atoms with E-state index < -0.39 is 0 Å². The Bertz CT molecular complexity index is 1180. The second kappa shape index (κ2) is 9.46. The van der Waals surface area contributed by atoms with E-state index in [1.807, 2.05) is 71.6 Å². The van der Waals surface area contributed by atoms with Gasteiger partial charge in [-0.3, -0.25) is 9.69 Å². The number of thioether (sulfide) groups is 1. The van der Waals surface area contributed by atoms with E-state index in [9.17, 15) is 4.79 Å². The molecule has 0 aliphatic carbocycles. The maximum Gasteiger partial charge on any atom is 0.238 e. The molecule has 9 heteroatoms. The van der Waals surface area contributed by atoms with Gasteiger partial charge in [0, 0.05) is 0 Å². The van der Waals surface area contributed by atoms with Crippen molar-refractivity contribution in [3.63, 3.8) is 0 Å². The molecule has 1 aliphatic rings. The van der Waals surface area contributed by atoms with Crippen molar-refractivity contribution in [3.8, 4) is 5.75 Å². The number of amides is 1. The van der Waals surface area contributed by atoms with Crippen LogP contribution in [0.4, 0.5) is 10.8 Å². The number of fused-ring (bicyclic) bond motifs is 1. The van der Waals surface area contributed by atoms with Crippen LogP contribution in [0.5, 0.6) is 5.75 Å². The summed E-state index contributed by atoms with van der Waals surface area (Å²) in [6.45, 7) is 0.950. The minimum Gasteiger partial charge on any atom is -0.489 e. The summed E-state index contributed by atoms with van der Waals surface area (Å²) in [5.41, 5.74) is 1.83. The number of aromatic nitrogens is 2. The number of carbonyl (C=O) groups is 1. The Morgan fingerprint density at radius 2 is 1.94 bits per heavy atom. The molecule has 2 aromatic heterocycles. The Morgan fingerprint density at radius 1 is 1.09 bits per heavy atom. The van der Waals surface area contributed by atoms with Gasteiger partial charge in [-0.1, -0.05) is 65.6 Å². The molecule has 1 atom stereocenters. The second-order valence-corrected chi connectivity index (χ2v) is 9.26. The van der Waals surface area contributed by atoms with Crippen LogP contribution in [0.15, 0.2) is 81.8 Å². The van der Waals surface area contributed by atoms with Gasteiger partial charge in [-0.15, -0.1) is 10.2 Å². The standard InChI is InChI=1S/C23H20N4O3S2/c28-21(15-31-23-26-25-22(32-23)24-13-17-9-6-12-29-17)27-18-10-4-5-11-20(18)30-14-19(27)16-7-2-1-3-8-16/h1-12,19H,13-15H2,(H,24,25). The summed E-state index contributed by atoms with van der Waals surface area (Å²) < 4.78 is 12.0. The maximum atomic E-state index is 13.4. The van der Waals surface area contributed by atoms with E-state index in [1.54, 1.807) is 6.26 Å². The van der Waals surface area contributed by atoms with Crippen LogP contribution >= 0.6 is 23.1 Å².